The van der Waals surface area contributed by atoms with Crippen molar-refractivity contribution >= 4 is 5.65 Å². The van der Waals surface area contributed by atoms with E-state index in [0.717, 1.165) is 29.7 Å². The molecule has 1 saturated heterocycles. The van der Waals surface area contributed by atoms with E-state index in [2.05, 4.69) is 76.2 Å². The molecule has 1 fully saturated rings. The number of likely N-dealkylation sites (tertiary alicyclic amines) is 1. The summed E-state index contributed by atoms with van der Waals surface area (Å²) in [4.78, 5) is 6.60. The van der Waals surface area contributed by atoms with Crippen LogP contribution in [0, 0.1) is 0 Å². The van der Waals surface area contributed by atoms with Crippen LogP contribution in [0.25, 0.3) is 5.65 Å². The number of nitrogens with one attached hydrogen (secondary N) is 1. The van der Waals surface area contributed by atoms with Gasteiger partial charge in [0, 0.05) is 43.3 Å². The van der Waals surface area contributed by atoms with E-state index >= 15 is 0 Å². The largest absolute Gasteiger partial charge is 0.391 e. The predicted molar refractivity (Wildman–Crippen MR) is 160 cm³/mol. The molecule has 5 N–H and O–H groups in total. The van der Waals surface area contributed by atoms with Gasteiger partial charge in [0.1, 0.15) is 5.65 Å². The van der Waals surface area contributed by atoms with Crippen molar-refractivity contribution in [2.45, 2.75) is 37.9 Å². The predicted octanol–water partition coefficient (Wildman–Crippen LogP) is 5.07. The molecular formula is C32H42N6. The molecule has 1 atom stereocenters. The highest BCUT2D eigenvalue weighted by Crippen LogP contribution is 2.18. The number of fused-ring (bicyclic) bond motifs is 1. The topological polar surface area (TPSA) is 84.6 Å². The molecule has 0 radical (unpaired) electrons. The summed E-state index contributed by atoms with van der Waals surface area (Å²) in [6.45, 7) is 8.87. The number of benzene rings is 2. The molecule has 4 aromatic rings. The highest BCUT2D eigenvalue weighted by molar-refractivity contribution is 5.40. The molecule has 6 nitrogen and oxygen atoms in total. The summed E-state index contributed by atoms with van der Waals surface area (Å²) in [5.74, 6) is 0. The number of likely N-dealkylation sites (N-methyl/N-ethyl adjacent to an activating group) is 2. The fourth-order valence-corrected chi connectivity index (χ4v) is 4.49. The Morgan fingerprint density at radius 3 is 2.34 bits per heavy atom. The van der Waals surface area contributed by atoms with Crippen LogP contribution in [0.4, 0.5) is 0 Å². The molecule has 0 spiro atoms. The lowest BCUT2D eigenvalue weighted by Gasteiger charge is -2.21. The van der Waals surface area contributed by atoms with Crippen LogP contribution in [0.5, 0.6) is 0 Å². The smallest absolute Gasteiger partial charge is 0.136 e. The van der Waals surface area contributed by atoms with Gasteiger partial charge in [-0.3, -0.25) is 4.90 Å². The summed E-state index contributed by atoms with van der Waals surface area (Å²) >= 11 is 0. The normalized spacial score (nSPS) is 14.8. The van der Waals surface area contributed by atoms with Crippen molar-refractivity contribution in [3.63, 3.8) is 0 Å². The van der Waals surface area contributed by atoms with Crippen molar-refractivity contribution in [1.29, 1.82) is 0 Å². The first-order valence-electron chi connectivity index (χ1n) is 13.2. The fraction of sp³-hybridized carbons (Fsp3) is 0.281. The summed E-state index contributed by atoms with van der Waals surface area (Å²) in [7, 11) is 4.09. The lowest BCUT2D eigenvalue weighted by atomic mass is 10.0. The van der Waals surface area contributed by atoms with Gasteiger partial charge in [0.15, 0.2) is 0 Å². The minimum atomic E-state index is -0.384. The van der Waals surface area contributed by atoms with E-state index in [1.807, 2.05) is 61.9 Å². The highest BCUT2D eigenvalue weighted by atomic mass is 15.2. The minimum absolute atomic E-state index is 0.384. The maximum Gasteiger partial charge on any atom is 0.136 e. The molecule has 200 valence electrons. The number of allylic oxidation sites excluding steroid dienone is 1. The molecular weight excluding hydrogens is 468 g/mol. The van der Waals surface area contributed by atoms with Crippen molar-refractivity contribution in [2.75, 3.05) is 20.6 Å². The summed E-state index contributed by atoms with van der Waals surface area (Å²) in [6, 6.07) is 25.1. The van der Waals surface area contributed by atoms with Crippen molar-refractivity contribution in [1.82, 2.24) is 19.6 Å². The number of rotatable bonds is 7. The highest BCUT2D eigenvalue weighted by Gasteiger charge is 2.22. The molecule has 2 aromatic carbocycles. The lowest BCUT2D eigenvalue weighted by molar-refractivity contribution is 0.337. The average Bonchev–Trinajstić information content (AvgIpc) is 3.56. The van der Waals surface area contributed by atoms with Crippen LogP contribution >= 0.6 is 0 Å². The zero-order valence-corrected chi connectivity index (χ0v) is 22.8. The average molecular weight is 511 g/mol. The van der Waals surface area contributed by atoms with Gasteiger partial charge in [0.05, 0.1) is 6.17 Å². The fourth-order valence-electron chi connectivity index (χ4n) is 4.49. The number of nitrogens with two attached hydrogens (primary N) is 2. The van der Waals surface area contributed by atoms with E-state index < -0.39 is 0 Å². The van der Waals surface area contributed by atoms with Crippen LogP contribution < -0.4 is 16.8 Å². The van der Waals surface area contributed by atoms with Gasteiger partial charge in [-0.25, -0.2) is 4.98 Å². The quantitative estimate of drug-likeness (QED) is 0.239. The molecule has 0 amide bonds. The van der Waals surface area contributed by atoms with Gasteiger partial charge in [0.25, 0.3) is 0 Å². The first-order chi connectivity index (χ1) is 18.4. The molecule has 1 aliphatic heterocycles. The molecule has 5 rings (SSSR count). The van der Waals surface area contributed by atoms with E-state index in [1.54, 1.807) is 0 Å². The molecule has 1 aliphatic rings. The first-order valence-corrected chi connectivity index (χ1v) is 13.2. The third-order valence-electron chi connectivity index (χ3n) is 6.71. The minimum Gasteiger partial charge on any atom is -0.391 e. The molecule has 0 bridgehead atoms. The third-order valence-corrected chi connectivity index (χ3v) is 6.71. The lowest BCUT2D eigenvalue weighted by Crippen LogP contribution is -2.31. The summed E-state index contributed by atoms with van der Waals surface area (Å²) in [5, 5.41) is 3.10. The summed E-state index contributed by atoms with van der Waals surface area (Å²) in [6.07, 6.45) is 9.78. The number of imidazole rings is 1. The van der Waals surface area contributed by atoms with Crippen molar-refractivity contribution in [3.8, 4) is 0 Å². The Labute approximate surface area is 227 Å². The molecule has 3 heterocycles. The Kier molecular flexibility index (Phi) is 11.3. The Balaban J connectivity index is 0.000000163. The van der Waals surface area contributed by atoms with Gasteiger partial charge in [-0.1, -0.05) is 73.3 Å². The Hall–Kier alpha value is -3.71. The standard InChI is InChI=1S/C14H16N2.C10H10N2.C8H16N2/c15-14(16)13-8-6-12(7-9-13)10-11-4-2-1-3-5-11;1-2-5-9-8-11-10-6-3-4-7-12(9)10;1-7(9-2)8-5-4-6-10(8)3/h1-9,14H,10,15-16H2;2-4,6-8H,1,5H2;8-9H,1,4-6H2,2-3H3. The Morgan fingerprint density at radius 1 is 1.05 bits per heavy atom. The number of hydrogen-bond acceptors (Lipinski definition) is 5. The molecule has 0 saturated carbocycles. The van der Waals surface area contributed by atoms with Crippen LogP contribution in [0.15, 0.2) is 110 Å². The van der Waals surface area contributed by atoms with Gasteiger partial charge in [-0.05, 0) is 61.7 Å². The Morgan fingerprint density at radius 2 is 1.74 bits per heavy atom. The number of hydrogen-bond donors (Lipinski definition) is 3. The van der Waals surface area contributed by atoms with E-state index in [1.165, 1.54) is 36.2 Å². The van der Waals surface area contributed by atoms with Gasteiger partial charge in [0.2, 0.25) is 0 Å². The van der Waals surface area contributed by atoms with Crippen LogP contribution in [0.3, 0.4) is 0 Å². The number of aromatic nitrogens is 2. The van der Waals surface area contributed by atoms with Crippen molar-refractivity contribution < 1.29 is 0 Å². The molecule has 38 heavy (non-hydrogen) atoms. The Bertz CT molecular complexity index is 1260. The van der Waals surface area contributed by atoms with Gasteiger partial charge < -0.3 is 21.2 Å². The first kappa shape index (κ1) is 28.9. The summed E-state index contributed by atoms with van der Waals surface area (Å²) < 4.78 is 2.07. The van der Waals surface area contributed by atoms with E-state index in [-0.39, 0.29) is 6.17 Å². The van der Waals surface area contributed by atoms with Crippen LogP contribution in [0.2, 0.25) is 0 Å². The SMILES string of the molecule is C=C(NC)C1CCCN1C.C=CCc1cnc2ccccn12.NC(N)c1ccc(Cc2ccccc2)cc1. The molecule has 1 unspecified atom stereocenters. The zero-order chi connectivity index (χ0) is 27.3. The van der Waals surface area contributed by atoms with Gasteiger partial charge >= 0.3 is 0 Å². The second-order valence-electron chi connectivity index (χ2n) is 9.51. The molecule has 2 aromatic heterocycles. The van der Waals surface area contributed by atoms with Crippen LogP contribution in [-0.4, -0.2) is 41.0 Å². The number of pyridine rings is 1. The van der Waals surface area contributed by atoms with E-state index in [0.29, 0.717) is 6.04 Å². The van der Waals surface area contributed by atoms with Gasteiger partial charge in [-0.2, -0.15) is 0 Å². The summed E-state index contributed by atoms with van der Waals surface area (Å²) in [5.41, 5.74) is 18.1. The van der Waals surface area contributed by atoms with Crippen LogP contribution in [-0.2, 0) is 12.8 Å². The third kappa shape index (κ3) is 8.42. The van der Waals surface area contributed by atoms with E-state index in [9.17, 15) is 0 Å². The second-order valence-corrected chi connectivity index (χ2v) is 9.51. The monoisotopic (exact) mass is 510 g/mol. The van der Waals surface area contributed by atoms with Crippen LogP contribution in [0.1, 0.15) is 41.4 Å². The van der Waals surface area contributed by atoms with E-state index in [4.69, 9.17) is 11.5 Å². The van der Waals surface area contributed by atoms with Gasteiger partial charge in [-0.15, -0.1) is 6.58 Å². The van der Waals surface area contributed by atoms with Crippen molar-refractivity contribution in [2.24, 2.45) is 11.5 Å². The second kappa shape index (κ2) is 14.9. The maximum absolute atomic E-state index is 5.59. The number of nitrogens with zero attached hydrogens (tertiary/aromatic N) is 3. The maximum atomic E-state index is 5.59. The molecule has 0 aliphatic carbocycles. The van der Waals surface area contributed by atoms with Crippen molar-refractivity contribution in [3.05, 3.63) is 133 Å². The zero-order valence-electron chi connectivity index (χ0n) is 22.8. The molecule has 6 heteroatoms.